The Morgan fingerprint density at radius 3 is 0.950 bits per heavy atom. The number of anilines is 4. The van der Waals surface area contributed by atoms with Crippen molar-refractivity contribution >= 4 is 136 Å². The highest BCUT2D eigenvalue weighted by Gasteiger charge is 2.32. The van der Waals surface area contributed by atoms with Crippen LogP contribution in [0.3, 0.4) is 0 Å². The second kappa shape index (κ2) is 48.4. The van der Waals surface area contributed by atoms with Gasteiger partial charge in [-0.2, -0.15) is 19.9 Å². The lowest BCUT2D eigenvalue weighted by atomic mass is 10.1. The van der Waals surface area contributed by atoms with Crippen LogP contribution in [0, 0.1) is 47.4 Å². The number of halogens is 3. The third-order valence-corrected chi connectivity index (χ3v) is 28.3. The van der Waals surface area contributed by atoms with E-state index in [1.54, 1.807) is 125 Å². The highest BCUT2D eigenvalue weighted by atomic mass is 79.9. The minimum absolute atomic E-state index is 0.00724. The summed E-state index contributed by atoms with van der Waals surface area (Å²) in [6, 6.07) is 37.6. The number of fused-ring (bicyclic) bond motifs is 4. The molecule has 12 heterocycles. The van der Waals surface area contributed by atoms with Crippen molar-refractivity contribution in [2.24, 2.45) is 0 Å². The topological polar surface area (TPSA) is 624 Å². The molecule has 0 fully saturated rings. The number of nitrogens with two attached hydrogens (primary N) is 4. The maximum absolute atomic E-state index is 13.9. The molecule has 4 atom stereocenters. The third-order valence-electron chi connectivity index (χ3n) is 20.1. The fourth-order valence-electron chi connectivity index (χ4n) is 12.8. The number of nitrogens with one attached hydrogen (secondary N) is 4. The Hall–Kier alpha value is -12.3. The molecule has 16 aromatic rings. The highest BCUT2D eigenvalue weighted by molar-refractivity contribution is 9.10. The van der Waals surface area contributed by atoms with Crippen LogP contribution in [0.1, 0.15) is 79.5 Å². The van der Waals surface area contributed by atoms with E-state index < -0.39 is 62.5 Å². The molecule has 0 aliphatic rings. The van der Waals surface area contributed by atoms with Crippen molar-refractivity contribution in [1.29, 1.82) is 0 Å². The molecule has 0 aliphatic heterocycles. The molecular weight excluding hydrogens is 2030 g/mol. The van der Waals surface area contributed by atoms with E-state index in [2.05, 4.69) is 75.7 Å². The van der Waals surface area contributed by atoms with Crippen LogP contribution in [0.4, 0.5) is 28.2 Å². The molecule has 750 valence electrons. The van der Waals surface area contributed by atoms with Crippen molar-refractivity contribution in [3.63, 3.8) is 0 Å². The summed E-state index contributed by atoms with van der Waals surface area (Å²) >= 11 is 9.59. The van der Waals surface area contributed by atoms with E-state index in [9.17, 15) is 50.2 Å². The number of imidazole rings is 4. The van der Waals surface area contributed by atoms with E-state index in [1.165, 1.54) is 43.5 Å². The molecule has 0 amide bonds. The number of aryl methyl sites for hydroxylation is 6. The van der Waals surface area contributed by atoms with Crippen LogP contribution in [0.15, 0.2) is 205 Å². The van der Waals surface area contributed by atoms with E-state index in [0.29, 0.717) is 91.2 Å². The summed E-state index contributed by atoms with van der Waals surface area (Å²) in [6.07, 6.45) is 5.62. The van der Waals surface area contributed by atoms with Crippen molar-refractivity contribution in [3.8, 4) is 0 Å². The molecule has 0 saturated heterocycles. The molecule has 16 rings (SSSR count). The molecular formula is C87H99BrClFN20O26P4S. The smallest absolute Gasteiger partial charge is 0.356 e. The van der Waals surface area contributed by atoms with Gasteiger partial charge in [-0.15, -0.1) is 0 Å². The van der Waals surface area contributed by atoms with Gasteiger partial charge in [-0.3, -0.25) is 75.5 Å². The Kier molecular flexibility index (Phi) is 36.4. The van der Waals surface area contributed by atoms with Crippen LogP contribution in [-0.2, 0) is 162 Å². The molecule has 4 aromatic carbocycles. The van der Waals surface area contributed by atoms with Crippen molar-refractivity contribution < 1.29 is 104 Å². The molecule has 46 nitrogen and oxygen atoms in total. The van der Waals surface area contributed by atoms with Crippen LogP contribution in [0.25, 0.3) is 44.7 Å². The van der Waals surface area contributed by atoms with Crippen molar-refractivity contribution in [2.45, 2.75) is 125 Å². The molecule has 4 unspecified atom stereocenters. The van der Waals surface area contributed by atoms with Gasteiger partial charge in [-0.05, 0) is 160 Å². The van der Waals surface area contributed by atoms with Crippen LogP contribution in [0.5, 0.6) is 0 Å². The lowest BCUT2D eigenvalue weighted by Gasteiger charge is -2.18. The van der Waals surface area contributed by atoms with Crippen LogP contribution < -0.4 is 45.2 Å². The van der Waals surface area contributed by atoms with Gasteiger partial charge in [0.05, 0.1) is 83.1 Å². The van der Waals surface area contributed by atoms with Crippen molar-refractivity contribution in [1.82, 2.24) is 78.1 Å². The first kappa shape index (κ1) is 106. The Morgan fingerprint density at radius 1 is 0.383 bits per heavy atom. The van der Waals surface area contributed by atoms with E-state index in [1.807, 2.05) is 50.2 Å². The van der Waals surface area contributed by atoms with Gasteiger partial charge in [-0.1, -0.05) is 76.1 Å². The van der Waals surface area contributed by atoms with Gasteiger partial charge in [0, 0.05) is 41.9 Å². The summed E-state index contributed by atoms with van der Waals surface area (Å²) in [5.41, 5.74) is 26.7. The van der Waals surface area contributed by atoms with Gasteiger partial charge in [-0.25, -0.2) is 32.7 Å². The number of rotatable bonds is 45. The Morgan fingerprint density at radius 2 is 0.667 bits per heavy atom. The van der Waals surface area contributed by atoms with E-state index in [-0.39, 0.29) is 181 Å². The average Bonchev–Trinajstić information content (AvgIpc) is 1.67. The molecule has 0 radical (unpaired) electrons. The maximum Gasteiger partial charge on any atom is 0.356 e. The minimum Gasteiger partial charge on any atom is -0.464 e. The van der Waals surface area contributed by atoms with E-state index >= 15 is 0 Å². The average molecular weight is 2130 g/mol. The Labute approximate surface area is 814 Å². The van der Waals surface area contributed by atoms with Crippen molar-refractivity contribution in [3.05, 3.63) is 295 Å². The van der Waals surface area contributed by atoms with E-state index in [0.717, 1.165) is 33.2 Å². The second-order valence-corrected chi connectivity index (χ2v) is 42.6. The second-order valence-electron chi connectivity index (χ2n) is 31.3. The summed E-state index contributed by atoms with van der Waals surface area (Å²) in [7, 11) is -18.2. The summed E-state index contributed by atoms with van der Waals surface area (Å²) in [4.78, 5) is 89.9. The Bertz CT molecular complexity index is 7390. The number of benzene rings is 4. The standard InChI is InChI=1S/C22H25ClN5O6P.C22H25FN5O6P.C22H26N5O8PS.C21H23BrN5O6P/c2*1-14-3-5-16(9-18(14)23)10-32-35(30,33-11-17-6-4-15(2)34-17)13-31-8-7-28-12-25-19-20(28)26-22(24)27-21(19)29;1-15-3-6-17(35-15)12-34-36(29,33-11-16-4-7-18(8-5-16)37(2,30)31)14-32-10-9-27-13-24-19-20(27)25-22(23)26-21(19)28;1-14-5-6-17(33-14)11-32-34(29,31-10-15-3-2-4-16(22)9-15)13-30-8-7-27-12-24-18-19(27)25-21(23)26-20(18)28/h2*3-6,9,12H,7-8,10-11,13H2,1-2H3,(H3,24,26,27,29);3-8,13H,9-12,14H2,1-2H3,(H3,23,25,26,28);2-6,9,12H,7-8,10-11,13H2,1H3,(H3,23,25,26,28). The lowest BCUT2D eigenvalue weighted by molar-refractivity contribution is 0.114. The van der Waals surface area contributed by atoms with Gasteiger partial charge >= 0.3 is 30.4 Å². The van der Waals surface area contributed by atoms with Gasteiger partial charge < -0.3 is 95.9 Å². The molecule has 12 aromatic heterocycles. The molecule has 141 heavy (non-hydrogen) atoms. The summed E-state index contributed by atoms with van der Waals surface area (Å²) in [5.74, 6) is 4.32. The largest absolute Gasteiger partial charge is 0.464 e. The third kappa shape index (κ3) is 30.9. The van der Waals surface area contributed by atoms with Crippen LogP contribution >= 0.6 is 57.9 Å². The number of furan rings is 4. The Balaban J connectivity index is 0.000000158. The number of nitrogens with zero attached hydrogens (tertiary/aromatic N) is 12. The predicted molar refractivity (Wildman–Crippen MR) is 517 cm³/mol. The number of aromatic amines is 4. The maximum atomic E-state index is 13.9. The zero-order valence-corrected chi connectivity index (χ0v) is 83.5. The summed E-state index contributed by atoms with van der Waals surface area (Å²) < 4.78 is 188. The zero-order valence-electron chi connectivity index (χ0n) is 76.8. The summed E-state index contributed by atoms with van der Waals surface area (Å²) in [5, 5.41) is 0.588. The number of H-pyrrole nitrogens is 4. The molecule has 0 spiro atoms. The number of aromatic nitrogens is 16. The monoisotopic (exact) mass is 2130 g/mol. The molecule has 0 saturated carbocycles. The van der Waals surface area contributed by atoms with Gasteiger partial charge in [0.15, 0.2) is 54.5 Å². The SMILES string of the molecule is Cc1ccc(COP(=O)(COCCn2cnc3c(=O)[nH]c(N)nc32)OCc2ccc(C)c(Cl)c2)o1.Cc1ccc(COP(=O)(COCCn2cnc3c(=O)[nH]c(N)nc32)OCc2ccc(C)c(F)c2)o1.Cc1ccc(COP(=O)(COCCn2cnc3c(=O)[nH]c(N)nc32)OCc2ccc(S(C)(=O)=O)cc2)o1.Cc1ccc(COP(=O)(COCCn2cnc3c(=O)[nH]c(N)nc32)OCc2cccc(Br)c2)o1. The van der Waals surface area contributed by atoms with Gasteiger partial charge in [0.25, 0.3) is 22.2 Å². The first-order chi connectivity index (χ1) is 67.3. The number of hydrogen-bond donors (Lipinski definition) is 8. The molecule has 12 N–H and O–H groups in total. The predicted octanol–water partition coefficient (Wildman–Crippen LogP) is 14.4. The first-order valence-electron chi connectivity index (χ1n) is 42.7. The highest BCUT2D eigenvalue weighted by Crippen LogP contribution is 2.53. The van der Waals surface area contributed by atoms with Gasteiger partial charge in [0.1, 0.15) is 104 Å². The minimum atomic E-state index is -3.77. The first-order valence-corrected chi connectivity index (χ1v) is 52.7. The van der Waals surface area contributed by atoms with Crippen LogP contribution in [-0.4, -0.2) is 145 Å². The quantitative estimate of drug-likeness (QED) is 0.0130. The number of sulfone groups is 1. The fourth-order valence-corrected chi connectivity index (χ4v) is 19.1. The van der Waals surface area contributed by atoms with Gasteiger partial charge in [0.2, 0.25) is 23.8 Å². The normalized spacial score (nSPS) is 13.4. The molecule has 0 bridgehead atoms. The zero-order chi connectivity index (χ0) is 101. The summed E-state index contributed by atoms with van der Waals surface area (Å²) in [6.45, 7) is 11.9. The van der Waals surface area contributed by atoms with E-state index in [4.69, 9.17) is 107 Å². The number of ether oxygens (including phenoxy) is 4. The molecule has 54 heteroatoms. The van der Waals surface area contributed by atoms with Crippen LogP contribution in [0.2, 0.25) is 5.02 Å². The number of nitrogen functional groups attached to an aromatic ring is 4. The van der Waals surface area contributed by atoms with Crippen molar-refractivity contribution in [2.75, 3.05) is 81.0 Å². The molecule has 0 aliphatic carbocycles. The fraction of sp³-hybridized carbons (Fsp3) is 0.310. The number of hydrogen-bond acceptors (Lipinski definition) is 38. The lowest BCUT2D eigenvalue weighted by Crippen LogP contribution is -2.13.